The molecule has 0 atom stereocenters. The Morgan fingerprint density at radius 2 is 2.12 bits per heavy atom. The number of aromatic carboxylic acids is 1. The predicted octanol–water partition coefficient (Wildman–Crippen LogP) is 1.71. The molecule has 0 unspecified atom stereocenters. The van der Waals surface area contributed by atoms with Crippen molar-refractivity contribution in [2.75, 3.05) is 6.61 Å². The standard InChI is InChI=1S/C12H17NO4/c1-3-12(16,4-2)8-17-9-6-5-7-13-10(9)11(14)15/h5-7,16H,3-4,8H2,1-2H3,(H,14,15). The van der Waals surface area contributed by atoms with E-state index >= 15 is 0 Å². The van der Waals surface area contributed by atoms with Gasteiger partial charge in [0.05, 0.1) is 5.60 Å². The van der Waals surface area contributed by atoms with Crippen LogP contribution in [0.5, 0.6) is 5.75 Å². The lowest BCUT2D eigenvalue weighted by molar-refractivity contribution is -0.0118. The van der Waals surface area contributed by atoms with Gasteiger partial charge in [-0.05, 0) is 25.0 Å². The zero-order valence-electron chi connectivity index (χ0n) is 10.0. The van der Waals surface area contributed by atoms with Crippen LogP contribution in [0.25, 0.3) is 0 Å². The van der Waals surface area contributed by atoms with Crippen LogP contribution in [0, 0.1) is 0 Å². The summed E-state index contributed by atoms with van der Waals surface area (Å²) in [6.07, 6.45) is 2.49. The fraction of sp³-hybridized carbons (Fsp3) is 0.500. The van der Waals surface area contributed by atoms with Crippen molar-refractivity contribution >= 4 is 5.97 Å². The quantitative estimate of drug-likeness (QED) is 0.790. The summed E-state index contributed by atoms with van der Waals surface area (Å²) in [5.74, 6) is -0.961. The van der Waals surface area contributed by atoms with E-state index in [4.69, 9.17) is 9.84 Å². The molecule has 0 radical (unpaired) electrons. The Kier molecular flexibility index (Phi) is 4.45. The van der Waals surface area contributed by atoms with Crippen LogP contribution in [0.2, 0.25) is 0 Å². The van der Waals surface area contributed by atoms with Crippen molar-refractivity contribution in [2.45, 2.75) is 32.3 Å². The number of carboxylic acids is 1. The van der Waals surface area contributed by atoms with Crippen molar-refractivity contribution in [3.8, 4) is 5.75 Å². The van der Waals surface area contributed by atoms with Gasteiger partial charge in [-0.3, -0.25) is 0 Å². The lowest BCUT2D eigenvalue weighted by Crippen LogP contribution is -2.34. The third-order valence-corrected chi connectivity index (χ3v) is 2.79. The molecule has 0 aliphatic rings. The van der Waals surface area contributed by atoms with Crippen molar-refractivity contribution in [2.24, 2.45) is 0 Å². The third kappa shape index (κ3) is 3.42. The van der Waals surface area contributed by atoms with E-state index in [1.807, 2.05) is 13.8 Å². The van der Waals surface area contributed by atoms with Crippen LogP contribution in [-0.2, 0) is 0 Å². The molecule has 0 amide bonds. The van der Waals surface area contributed by atoms with E-state index in [0.717, 1.165) is 0 Å². The summed E-state index contributed by atoms with van der Waals surface area (Å²) in [5, 5.41) is 18.9. The number of hydrogen-bond donors (Lipinski definition) is 2. The van der Waals surface area contributed by atoms with E-state index in [2.05, 4.69) is 4.98 Å². The second-order valence-electron chi connectivity index (χ2n) is 3.88. The van der Waals surface area contributed by atoms with Gasteiger partial charge in [0.2, 0.25) is 0 Å². The Bertz CT molecular complexity index is 388. The van der Waals surface area contributed by atoms with Gasteiger partial charge in [0.15, 0.2) is 11.4 Å². The van der Waals surface area contributed by atoms with E-state index in [9.17, 15) is 9.90 Å². The molecule has 0 fully saturated rings. The summed E-state index contributed by atoms with van der Waals surface area (Å²) < 4.78 is 5.35. The number of pyridine rings is 1. The Balaban J connectivity index is 2.79. The minimum atomic E-state index is -1.14. The smallest absolute Gasteiger partial charge is 0.358 e. The van der Waals surface area contributed by atoms with Crippen LogP contribution in [0.4, 0.5) is 0 Å². The third-order valence-electron chi connectivity index (χ3n) is 2.79. The molecule has 0 bridgehead atoms. The minimum absolute atomic E-state index is 0.0615. The van der Waals surface area contributed by atoms with Gasteiger partial charge in [-0.15, -0.1) is 0 Å². The number of carboxylic acid groups (broad SMARTS) is 1. The topological polar surface area (TPSA) is 79.7 Å². The van der Waals surface area contributed by atoms with Crippen molar-refractivity contribution in [3.63, 3.8) is 0 Å². The van der Waals surface area contributed by atoms with Crippen molar-refractivity contribution in [1.82, 2.24) is 4.98 Å². The Hall–Kier alpha value is -1.62. The first-order valence-electron chi connectivity index (χ1n) is 5.56. The largest absolute Gasteiger partial charge is 0.488 e. The molecule has 0 aliphatic heterocycles. The summed E-state index contributed by atoms with van der Waals surface area (Å²) in [6.45, 7) is 3.77. The summed E-state index contributed by atoms with van der Waals surface area (Å²) in [4.78, 5) is 14.6. The van der Waals surface area contributed by atoms with Crippen LogP contribution in [-0.4, -0.2) is 33.4 Å². The first-order valence-corrected chi connectivity index (χ1v) is 5.56. The van der Waals surface area contributed by atoms with Crippen LogP contribution >= 0.6 is 0 Å². The zero-order valence-corrected chi connectivity index (χ0v) is 10.0. The van der Waals surface area contributed by atoms with E-state index < -0.39 is 11.6 Å². The van der Waals surface area contributed by atoms with Crippen LogP contribution in [0.15, 0.2) is 18.3 Å². The molecule has 0 aromatic carbocycles. The average Bonchev–Trinajstić information content (AvgIpc) is 2.36. The molecule has 5 nitrogen and oxygen atoms in total. The van der Waals surface area contributed by atoms with Crippen molar-refractivity contribution in [3.05, 3.63) is 24.0 Å². The average molecular weight is 239 g/mol. The molecule has 1 aromatic heterocycles. The first-order chi connectivity index (χ1) is 8.02. The van der Waals surface area contributed by atoms with Gasteiger partial charge >= 0.3 is 5.97 Å². The Morgan fingerprint density at radius 3 is 2.65 bits per heavy atom. The van der Waals surface area contributed by atoms with Gasteiger partial charge in [-0.25, -0.2) is 9.78 Å². The lowest BCUT2D eigenvalue weighted by Gasteiger charge is -2.25. The number of carbonyl (C=O) groups is 1. The highest BCUT2D eigenvalue weighted by atomic mass is 16.5. The number of ether oxygens (including phenoxy) is 1. The van der Waals surface area contributed by atoms with E-state index in [-0.39, 0.29) is 18.1 Å². The maximum absolute atomic E-state index is 10.9. The molecule has 5 heteroatoms. The van der Waals surface area contributed by atoms with Gasteiger partial charge in [-0.1, -0.05) is 13.8 Å². The van der Waals surface area contributed by atoms with Gasteiger partial charge in [-0.2, -0.15) is 0 Å². The zero-order chi connectivity index (χ0) is 12.9. The maximum atomic E-state index is 10.9. The molecular weight excluding hydrogens is 222 g/mol. The maximum Gasteiger partial charge on any atom is 0.358 e. The van der Waals surface area contributed by atoms with Crippen LogP contribution in [0.1, 0.15) is 37.2 Å². The number of hydrogen-bond acceptors (Lipinski definition) is 4. The Labute approximate surface area is 100 Å². The Morgan fingerprint density at radius 1 is 1.47 bits per heavy atom. The molecule has 0 saturated carbocycles. The van der Waals surface area contributed by atoms with Gasteiger partial charge in [0, 0.05) is 6.20 Å². The van der Waals surface area contributed by atoms with Crippen LogP contribution < -0.4 is 4.74 Å². The molecule has 0 aliphatic carbocycles. The molecule has 94 valence electrons. The fourth-order valence-electron chi connectivity index (χ4n) is 1.33. The predicted molar refractivity (Wildman–Crippen MR) is 62.2 cm³/mol. The summed E-state index contributed by atoms with van der Waals surface area (Å²) in [6, 6.07) is 3.13. The lowest BCUT2D eigenvalue weighted by atomic mass is 9.99. The first kappa shape index (κ1) is 13.4. The van der Waals surface area contributed by atoms with Gasteiger partial charge in [0.1, 0.15) is 6.61 Å². The van der Waals surface area contributed by atoms with E-state index in [0.29, 0.717) is 12.8 Å². The number of rotatable bonds is 6. The highest BCUT2D eigenvalue weighted by Gasteiger charge is 2.24. The molecule has 17 heavy (non-hydrogen) atoms. The summed E-state index contributed by atoms with van der Waals surface area (Å²) in [5.41, 5.74) is -1.06. The molecule has 1 rings (SSSR count). The van der Waals surface area contributed by atoms with E-state index in [1.165, 1.54) is 12.3 Å². The number of aromatic nitrogens is 1. The highest BCUT2D eigenvalue weighted by molar-refractivity contribution is 5.88. The molecular formula is C12H17NO4. The summed E-state index contributed by atoms with van der Waals surface area (Å²) >= 11 is 0. The number of aliphatic hydroxyl groups is 1. The molecule has 0 spiro atoms. The van der Waals surface area contributed by atoms with Crippen LogP contribution in [0.3, 0.4) is 0 Å². The fourth-order valence-corrected chi connectivity index (χ4v) is 1.33. The second kappa shape index (κ2) is 5.63. The van der Waals surface area contributed by atoms with Gasteiger partial charge in [0.25, 0.3) is 0 Å². The molecule has 0 saturated heterocycles. The normalized spacial score (nSPS) is 11.2. The van der Waals surface area contributed by atoms with Crippen molar-refractivity contribution in [1.29, 1.82) is 0 Å². The molecule has 2 N–H and O–H groups in total. The van der Waals surface area contributed by atoms with Gasteiger partial charge < -0.3 is 14.9 Å². The highest BCUT2D eigenvalue weighted by Crippen LogP contribution is 2.20. The van der Waals surface area contributed by atoms with Crippen molar-refractivity contribution < 1.29 is 19.7 Å². The number of nitrogens with zero attached hydrogens (tertiary/aromatic N) is 1. The SMILES string of the molecule is CCC(O)(CC)COc1cccnc1C(=O)O. The minimum Gasteiger partial charge on any atom is -0.488 e. The summed E-state index contributed by atoms with van der Waals surface area (Å²) in [7, 11) is 0. The molecule has 1 heterocycles. The van der Waals surface area contributed by atoms with E-state index in [1.54, 1.807) is 6.07 Å². The second-order valence-corrected chi connectivity index (χ2v) is 3.88. The monoisotopic (exact) mass is 239 g/mol. The molecule has 1 aromatic rings.